The monoisotopic (exact) mass is 343 g/mol. The number of unbranched alkanes of at least 4 members (excludes halogenated alkanes) is 1. The number of ether oxygens (including phenoxy) is 1. The standard InChI is InChI=1S/C13H14BrNO3S/c1-2-3-5-17-12-9(16)4-6-18-13(12)11-10(7-14)19-8-15-11/h4,6,8H,2-3,5,7H2,1H3. The second-order valence-corrected chi connectivity index (χ2v) is 5.40. The van der Waals surface area contributed by atoms with E-state index in [9.17, 15) is 4.79 Å². The van der Waals surface area contributed by atoms with Crippen LogP contribution in [-0.2, 0) is 5.33 Å². The maximum Gasteiger partial charge on any atom is 0.227 e. The molecule has 0 amide bonds. The summed E-state index contributed by atoms with van der Waals surface area (Å²) in [6.45, 7) is 2.58. The van der Waals surface area contributed by atoms with Crippen molar-refractivity contribution in [2.75, 3.05) is 6.61 Å². The van der Waals surface area contributed by atoms with Gasteiger partial charge in [0.2, 0.25) is 11.2 Å². The smallest absolute Gasteiger partial charge is 0.227 e. The molecule has 0 aliphatic heterocycles. The molecule has 0 bridgehead atoms. The number of thiazole rings is 1. The molecule has 0 aromatic carbocycles. The second kappa shape index (κ2) is 6.86. The largest absolute Gasteiger partial charge is 0.486 e. The van der Waals surface area contributed by atoms with E-state index in [1.54, 1.807) is 5.51 Å². The summed E-state index contributed by atoms with van der Waals surface area (Å²) < 4.78 is 11.0. The molecule has 2 aromatic heterocycles. The Morgan fingerprint density at radius 2 is 2.37 bits per heavy atom. The lowest BCUT2D eigenvalue weighted by Crippen LogP contribution is -2.09. The van der Waals surface area contributed by atoms with Gasteiger partial charge in [-0.15, -0.1) is 11.3 Å². The van der Waals surface area contributed by atoms with Gasteiger partial charge in [-0.25, -0.2) is 4.98 Å². The number of hydrogen-bond donors (Lipinski definition) is 0. The highest BCUT2D eigenvalue weighted by molar-refractivity contribution is 9.08. The molecule has 0 fully saturated rings. The Hall–Kier alpha value is -1.14. The van der Waals surface area contributed by atoms with Crippen molar-refractivity contribution in [3.63, 3.8) is 0 Å². The van der Waals surface area contributed by atoms with Crippen molar-refractivity contribution in [1.82, 2.24) is 4.98 Å². The Labute approximate surface area is 123 Å². The number of alkyl halides is 1. The van der Waals surface area contributed by atoms with E-state index in [2.05, 4.69) is 27.8 Å². The van der Waals surface area contributed by atoms with Crippen LogP contribution in [0, 0.1) is 0 Å². The van der Waals surface area contributed by atoms with Crippen LogP contribution in [0.5, 0.6) is 5.75 Å². The first-order valence-electron chi connectivity index (χ1n) is 6.01. The van der Waals surface area contributed by atoms with E-state index in [1.165, 1.54) is 23.7 Å². The number of aromatic nitrogens is 1. The first-order chi connectivity index (χ1) is 9.27. The molecule has 0 radical (unpaired) electrons. The summed E-state index contributed by atoms with van der Waals surface area (Å²) in [5, 5.41) is 0.667. The number of halogens is 1. The second-order valence-electron chi connectivity index (χ2n) is 3.90. The summed E-state index contributed by atoms with van der Waals surface area (Å²) in [6, 6.07) is 1.37. The molecule has 2 rings (SSSR count). The van der Waals surface area contributed by atoms with Gasteiger partial charge in [-0.1, -0.05) is 29.3 Å². The minimum Gasteiger partial charge on any atom is -0.486 e. The number of nitrogens with zero attached hydrogens (tertiary/aromatic N) is 1. The molecule has 6 heteroatoms. The van der Waals surface area contributed by atoms with Crippen molar-refractivity contribution >= 4 is 27.3 Å². The summed E-state index contributed by atoms with van der Waals surface area (Å²) in [7, 11) is 0. The van der Waals surface area contributed by atoms with Crippen LogP contribution < -0.4 is 10.2 Å². The van der Waals surface area contributed by atoms with Gasteiger partial charge in [-0.05, 0) is 6.42 Å². The van der Waals surface area contributed by atoms with Crippen LogP contribution in [0.2, 0.25) is 0 Å². The van der Waals surface area contributed by atoms with Gasteiger partial charge >= 0.3 is 0 Å². The molecule has 0 aliphatic rings. The zero-order valence-electron chi connectivity index (χ0n) is 10.5. The van der Waals surface area contributed by atoms with Crippen molar-refractivity contribution in [1.29, 1.82) is 0 Å². The first kappa shape index (κ1) is 14.3. The minimum absolute atomic E-state index is 0.175. The van der Waals surface area contributed by atoms with Gasteiger partial charge in [0.15, 0.2) is 5.76 Å². The lowest BCUT2D eigenvalue weighted by Gasteiger charge is -2.08. The molecule has 19 heavy (non-hydrogen) atoms. The van der Waals surface area contributed by atoms with Crippen LogP contribution in [0.15, 0.2) is 27.1 Å². The fourth-order valence-electron chi connectivity index (χ4n) is 1.57. The van der Waals surface area contributed by atoms with Gasteiger partial charge in [-0.3, -0.25) is 4.79 Å². The highest BCUT2D eigenvalue weighted by atomic mass is 79.9. The number of hydrogen-bond acceptors (Lipinski definition) is 5. The SMILES string of the molecule is CCCCOc1c(-c2ncsc2CBr)occc1=O. The third-order valence-corrected chi connectivity index (χ3v) is 4.32. The molecule has 2 aromatic rings. The Morgan fingerprint density at radius 1 is 1.53 bits per heavy atom. The molecule has 4 nitrogen and oxygen atoms in total. The topological polar surface area (TPSA) is 52.3 Å². The van der Waals surface area contributed by atoms with Gasteiger partial charge < -0.3 is 9.15 Å². The minimum atomic E-state index is -0.175. The third-order valence-electron chi connectivity index (χ3n) is 2.56. The zero-order valence-corrected chi connectivity index (χ0v) is 12.9. The van der Waals surface area contributed by atoms with E-state index in [-0.39, 0.29) is 11.2 Å². The van der Waals surface area contributed by atoms with Crippen molar-refractivity contribution in [2.45, 2.75) is 25.1 Å². The Bertz CT molecular complexity index is 594. The van der Waals surface area contributed by atoms with Gasteiger partial charge in [0.05, 0.1) is 18.4 Å². The van der Waals surface area contributed by atoms with Crippen LogP contribution in [-0.4, -0.2) is 11.6 Å². The summed E-state index contributed by atoms with van der Waals surface area (Å²) in [4.78, 5) is 17.2. The molecule has 0 unspecified atom stereocenters. The van der Waals surface area contributed by atoms with Gasteiger partial charge in [-0.2, -0.15) is 0 Å². The Morgan fingerprint density at radius 3 is 3.11 bits per heavy atom. The molecule has 102 valence electrons. The Balaban J connectivity index is 2.40. The van der Waals surface area contributed by atoms with E-state index < -0.39 is 0 Å². The molecule has 0 aliphatic carbocycles. The van der Waals surface area contributed by atoms with Gasteiger partial charge in [0.1, 0.15) is 5.69 Å². The van der Waals surface area contributed by atoms with Crippen LogP contribution >= 0.6 is 27.3 Å². The third kappa shape index (κ3) is 3.25. The average Bonchev–Trinajstić information content (AvgIpc) is 2.89. The van der Waals surface area contributed by atoms with E-state index in [1.807, 2.05) is 0 Å². The highest BCUT2D eigenvalue weighted by Gasteiger charge is 2.18. The normalized spacial score (nSPS) is 10.6. The predicted octanol–water partition coefficient (Wildman–Crippen LogP) is 3.84. The summed E-state index contributed by atoms with van der Waals surface area (Å²) >= 11 is 4.91. The molecule has 0 atom stereocenters. The molecule has 0 N–H and O–H groups in total. The fraction of sp³-hybridized carbons (Fsp3) is 0.385. The predicted molar refractivity (Wildman–Crippen MR) is 79.1 cm³/mol. The summed E-state index contributed by atoms with van der Waals surface area (Å²) in [6.07, 6.45) is 3.29. The number of rotatable bonds is 6. The quantitative estimate of drug-likeness (QED) is 0.590. The molecular weight excluding hydrogens is 330 g/mol. The van der Waals surface area contributed by atoms with Gasteiger partial charge in [0, 0.05) is 16.3 Å². The maximum atomic E-state index is 11.9. The maximum absolute atomic E-state index is 11.9. The van der Waals surface area contributed by atoms with E-state index in [0.717, 1.165) is 17.7 Å². The highest BCUT2D eigenvalue weighted by Crippen LogP contribution is 2.32. The lowest BCUT2D eigenvalue weighted by atomic mass is 10.2. The zero-order chi connectivity index (χ0) is 13.7. The van der Waals surface area contributed by atoms with Crippen LogP contribution in [0.25, 0.3) is 11.5 Å². The lowest BCUT2D eigenvalue weighted by molar-refractivity contribution is 0.299. The van der Waals surface area contributed by atoms with Crippen LogP contribution in [0.3, 0.4) is 0 Å². The van der Waals surface area contributed by atoms with E-state index in [0.29, 0.717) is 23.4 Å². The molecule has 0 spiro atoms. The van der Waals surface area contributed by atoms with Crippen LogP contribution in [0.1, 0.15) is 24.6 Å². The van der Waals surface area contributed by atoms with E-state index in [4.69, 9.17) is 9.15 Å². The summed E-state index contributed by atoms with van der Waals surface area (Å²) in [5.41, 5.74) is 2.23. The fourth-order valence-corrected chi connectivity index (χ4v) is 2.84. The van der Waals surface area contributed by atoms with Gasteiger partial charge in [0.25, 0.3) is 0 Å². The van der Waals surface area contributed by atoms with E-state index >= 15 is 0 Å². The Kier molecular flexibility index (Phi) is 5.15. The summed E-state index contributed by atoms with van der Waals surface area (Å²) in [5.74, 6) is 0.670. The molecule has 0 saturated carbocycles. The molecule has 2 heterocycles. The van der Waals surface area contributed by atoms with Crippen molar-refractivity contribution < 1.29 is 9.15 Å². The average molecular weight is 344 g/mol. The van der Waals surface area contributed by atoms with Crippen molar-refractivity contribution in [3.05, 3.63) is 32.9 Å². The molecular formula is C13H14BrNO3S. The van der Waals surface area contributed by atoms with Crippen molar-refractivity contribution in [3.8, 4) is 17.2 Å². The van der Waals surface area contributed by atoms with Crippen molar-refractivity contribution in [2.24, 2.45) is 0 Å². The first-order valence-corrected chi connectivity index (χ1v) is 8.01. The molecule has 0 saturated heterocycles. The van der Waals surface area contributed by atoms with Crippen LogP contribution in [0.4, 0.5) is 0 Å².